The van der Waals surface area contributed by atoms with Gasteiger partial charge in [-0.25, -0.2) is 0 Å². The van der Waals surface area contributed by atoms with Crippen LogP contribution in [-0.2, 0) is 10.5 Å². The Morgan fingerprint density at radius 2 is 2.00 bits per heavy atom. The van der Waals surface area contributed by atoms with E-state index in [2.05, 4.69) is 5.32 Å². The lowest BCUT2D eigenvalue weighted by Gasteiger charge is -2.22. The van der Waals surface area contributed by atoms with Crippen molar-refractivity contribution >= 4 is 29.3 Å². The van der Waals surface area contributed by atoms with Crippen LogP contribution in [0.1, 0.15) is 37.7 Å². The van der Waals surface area contributed by atoms with Crippen molar-refractivity contribution in [2.24, 2.45) is 0 Å². The Balaban J connectivity index is 1.67. The Hall–Kier alpha value is -0.670. The van der Waals surface area contributed by atoms with Gasteiger partial charge in [0.25, 0.3) is 0 Å². The zero-order valence-corrected chi connectivity index (χ0v) is 12.6. The normalized spacial score (nSPS) is 16.3. The molecular weight excluding hydrogens is 278 g/mol. The summed E-state index contributed by atoms with van der Waals surface area (Å²) in [6.45, 7) is 0. The third-order valence-corrected chi connectivity index (χ3v) is 4.77. The van der Waals surface area contributed by atoms with E-state index in [-0.39, 0.29) is 5.91 Å². The van der Waals surface area contributed by atoms with Gasteiger partial charge < -0.3 is 5.32 Å². The highest BCUT2D eigenvalue weighted by atomic mass is 35.5. The van der Waals surface area contributed by atoms with E-state index in [4.69, 9.17) is 11.6 Å². The number of nitrogens with one attached hydrogen (secondary N) is 1. The van der Waals surface area contributed by atoms with Crippen molar-refractivity contribution in [1.82, 2.24) is 5.32 Å². The highest BCUT2D eigenvalue weighted by Gasteiger charge is 2.15. The van der Waals surface area contributed by atoms with E-state index in [0.717, 1.165) is 29.2 Å². The van der Waals surface area contributed by atoms with Crippen LogP contribution >= 0.6 is 23.4 Å². The van der Waals surface area contributed by atoms with Gasteiger partial charge in [-0.1, -0.05) is 49.1 Å². The van der Waals surface area contributed by atoms with Crippen LogP contribution < -0.4 is 5.32 Å². The Morgan fingerprint density at radius 1 is 1.26 bits per heavy atom. The topological polar surface area (TPSA) is 29.1 Å². The lowest BCUT2D eigenvalue weighted by Crippen LogP contribution is -2.37. The lowest BCUT2D eigenvalue weighted by atomic mass is 9.95. The molecule has 0 aliphatic heterocycles. The number of amides is 1. The molecule has 0 spiro atoms. The second kappa shape index (κ2) is 7.81. The monoisotopic (exact) mass is 297 g/mol. The molecule has 1 aliphatic carbocycles. The molecule has 0 bridgehead atoms. The van der Waals surface area contributed by atoms with E-state index in [0.29, 0.717) is 11.8 Å². The molecule has 1 aromatic carbocycles. The van der Waals surface area contributed by atoms with Gasteiger partial charge in [-0.3, -0.25) is 4.79 Å². The van der Waals surface area contributed by atoms with Crippen molar-refractivity contribution in [1.29, 1.82) is 0 Å². The van der Waals surface area contributed by atoms with Gasteiger partial charge >= 0.3 is 0 Å². The number of benzene rings is 1. The van der Waals surface area contributed by atoms with Crippen molar-refractivity contribution in [2.45, 2.75) is 43.9 Å². The smallest absolute Gasteiger partial charge is 0.230 e. The minimum atomic E-state index is 0.156. The first kappa shape index (κ1) is 14.7. The molecule has 1 aliphatic rings. The number of thioether (sulfide) groups is 1. The molecule has 1 saturated carbocycles. The zero-order valence-electron chi connectivity index (χ0n) is 11.0. The van der Waals surface area contributed by atoms with Gasteiger partial charge in [0.05, 0.1) is 5.75 Å². The maximum atomic E-state index is 11.8. The van der Waals surface area contributed by atoms with Gasteiger partial charge in [0.15, 0.2) is 0 Å². The first-order chi connectivity index (χ1) is 9.25. The van der Waals surface area contributed by atoms with Crippen LogP contribution in [-0.4, -0.2) is 17.7 Å². The standard InChI is InChI=1S/C15H20ClNOS/c16-14-9-5-4-6-12(14)10-19-11-15(18)17-13-7-2-1-3-8-13/h4-6,9,13H,1-3,7-8,10-11H2,(H,17,18). The van der Waals surface area contributed by atoms with Gasteiger partial charge in [-0.05, 0) is 24.5 Å². The summed E-state index contributed by atoms with van der Waals surface area (Å²) in [5.41, 5.74) is 1.10. The van der Waals surface area contributed by atoms with Gasteiger partial charge in [-0.2, -0.15) is 0 Å². The van der Waals surface area contributed by atoms with E-state index in [1.54, 1.807) is 11.8 Å². The third-order valence-electron chi connectivity index (χ3n) is 3.42. The van der Waals surface area contributed by atoms with E-state index in [1.807, 2.05) is 24.3 Å². The summed E-state index contributed by atoms with van der Waals surface area (Å²) in [5.74, 6) is 1.46. The number of hydrogen-bond acceptors (Lipinski definition) is 2. The molecule has 19 heavy (non-hydrogen) atoms. The van der Waals surface area contributed by atoms with Crippen LogP contribution in [0.2, 0.25) is 5.02 Å². The SMILES string of the molecule is O=C(CSCc1ccccc1Cl)NC1CCCCC1. The van der Waals surface area contributed by atoms with Gasteiger partial charge in [0.1, 0.15) is 0 Å². The molecule has 0 radical (unpaired) electrons. The van der Waals surface area contributed by atoms with Crippen LogP contribution in [0, 0.1) is 0 Å². The summed E-state index contributed by atoms with van der Waals surface area (Å²) < 4.78 is 0. The Bertz CT molecular complexity index is 418. The first-order valence-corrected chi connectivity index (χ1v) is 8.39. The zero-order chi connectivity index (χ0) is 13.5. The molecule has 104 valence electrons. The van der Waals surface area contributed by atoms with E-state index in [1.165, 1.54) is 19.3 Å². The van der Waals surface area contributed by atoms with Crippen molar-refractivity contribution in [2.75, 3.05) is 5.75 Å². The number of rotatable bonds is 5. The van der Waals surface area contributed by atoms with Gasteiger partial charge in [0.2, 0.25) is 5.91 Å². The molecule has 1 amide bonds. The third kappa shape index (κ3) is 5.07. The fourth-order valence-corrected chi connectivity index (χ4v) is 3.51. The summed E-state index contributed by atoms with van der Waals surface area (Å²) in [6.07, 6.45) is 6.09. The molecule has 0 heterocycles. The largest absolute Gasteiger partial charge is 0.353 e. The molecule has 2 rings (SSSR count). The van der Waals surface area contributed by atoms with Crippen LogP contribution in [0.4, 0.5) is 0 Å². The van der Waals surface area contributed by atoms with Crippen molar-refractivity contribution in [3.63, 3.8) is 0 Å². The molecule has 0 atom stereocenters. The molecular formula is C15H20ClNOS. The quantitative estimate of drug-likeness (QED) is 0.889. The summed E-state index contributed by atoms with van der Waals surface area (Å²) >= 11 is 7.70. The van der Waals surface area contributed by atoms with Crippen LogP contribution in [0.3, 0.4) is 0 Å². The average Bonchev–Trinajstić information content (AvgIpc) is 2.42. The highest BCUT2D eigenvalue weighted by Crippen LogP contribution is 2.21. The predicted molar refractivity (Wildman–Crippen MR) is 82.6 cm³/mol. The maximum absolute atomic E-state index is 11.8. The molecule has 1 fully saturated rings. The number of carbonyl (C=O) groups is 1. The molecule has 1 N–H and O–H groups in total. The van der Waals surface area contributed by atoms with E-state index in [9.17, 15) is 4.79 Å². The molecule has 2 nitrogen and oxygen atoms in total. The fourth-order valence-electron chi connectivity index (χ4n) is 2.39. The number of hydrogen-bond donors (Lipinski definition) is 1. The number of halogens is 1. The highest BCUT2D eigenvalue weighted by molar-refractivity contribution is 7.99. The lowest BCUT2D eigenvalue weighted by molar-refractivity contribution is -0.119. The van der Waals surface area contributed by atoms with Crippen LogP contribution in [0.15, 0.2) is 24.3 Å². The Kier molecular flexibility index (Phi) is 6.05. The first-order valence-electron chi connectivity index (χ1n) is 6.86. The number of carbonyl (C=O) groups excluding carboxylic acids is 1. The summed E-state index contributed by atoms with van der Waals surface area (Å²) in [4.78, 5) is 11.8. The van der Waals surface area contributed by atoms with Crippen molar-refractivity contribution < 1.29 is 4.79 Å². The Labute approximate surface area is 124 Å². The predicted octanol–water partition coefficient (Wildman–Crippen LogP) is 4.02. The second-order valence-corrected chi connectivity index (χ2v) is 6.38. The molecule has 4 heteroatoms. The van der Waals surface area contributed by atoms with Crippen LogP contribution in [0.25, 0.3) is 0 Å². The van der Waals surface area contributed by atoms with Crippen molar-refractivity contribution in [3.8, 4) is 0 Å². The van der Waals surface area contributed by atoms with Crippen LogP contribution in [0.5, 0.6) is 0 Å². The minimum absolute atomic E-state index is 0.156. The van der Waals surface area contributed by atoms with E-state index < -0.39 is 0 Å². The maximum Gasteiger partial charge on any atom is 0.230 e. The molecule has 0 unspecified atom stereocenters. The average molecular weight is 298 g/mol. The summed E-state index contributed by atoms with van der Waals surface area (Å²) in [7, 11) is 0. The van der Waals surface area contributed by atoms with Crippen molar-refractivity contribution in [3.05, 3.63) is 34.9 Å². The Morgan fingerprint density at radius 3 is 2.74 bits per heavy atom. The minimum Gasteiger partial charge on any atom is -0.353 e. The van der Waals surface area contributed by atoms with Gasteiger partial charge in [0, 0.05) is 16.8 Å². The van der Waals surface area contributed by atoms with Gasteiger partial charge in [-0.15, -0.1) is 11.8 Å². The summed E-state index contributed by atoms with van der Waals surface area (Å²) in [5, 5.41) is 3.91. The summed E-state index contributed by atoms with van der Waals surface area (Å²) in [6, 6.07) is 8.20. The molecule has 0 saturated heterocycles. The molecule has 0 aromatic heterocycles. The van der Waals surface area contributed by atoms with E-state index >= 15 is 0 Å². The second-order valence-electron chi connectivity index (χ2n) is 4.99. The molecule has 1 aromatic rings. The fraction of sp³-hybridized carbons (Fsp3) is 0.533.